The first-order valence-corrected chi connectivity index (χ1v) is 5.54. The molecule has 0 atom stereocenters. The Morgan fingerprint density at radius 3 is 2.83 bits per heavy atom. The number of pyridine rings is 1. The van der Waals surface area contributed by atoms with Gasteiger partial charge in [0.25, 0.3) is 0 Å². The molecule has 0 radical (unpaired) electrons. The van der Waals surface area contributed by atoms with Crippen LogP contribution in [0, 0.1) is 11.6 Å². The maximum absolute atomic E-state index is 13.9. The van der Waals surface area contributed by atoms with E-state index in [1.54, 1.807) is 6.92 Å². The number of hydrogen-bond donors (Lipinski definition) is 0. The van der Waals surface area contributed by atoms with Crippen LogP contribution in [0.15, 0.2) is 18.2 Å². The van der Waals surface area contributed by atoms with Crippen molar-refractivity contribution in [1.82, 2.24) is 4.98 Å². The van der Waals surface area contributed by atoms with Crippen molar-refractivity contribution in [3.05, 3.63) is 40.6 Å². The van der Waals surface area contributed by atoms with E-state index in [0.717, 1.165) is 6.07 Å². The number of hydrogen-bond acceptors (Lipinski definition) is 3. The standard InChI is InChI=1S/C12H8ClF2NO2/c1-2-18-12(17)11-9(13)10(15)8-6(14)4-3-5-7(8)16-11/h3-5H,2H2,1H3. The van der Waals surface area contributed by atoms with Crippen LogP contribution in [0.3, 0.4) is 0 Å². The number of fused-ring (bicyclic) bond motifs is 1. The number of carbonyl (C=O) groups excluding carboxylic acids is 1. The smallest absolute Gasteiger partial charge is 0.358 e. The zero-order valence-corrected chi connectivity index (χ0v) is 10.1. The van der Waals surface area contributed by atoms with Gasteiger partial charge in [0.05, 0.1) is 17.5 Å². The monoisotopic (exact) mass is 271 g/mol. The molecule has 0 spiro atoms. The fraction of sp³-hybridized carbons (Fsp3) is 0.167. The molecule has 2 rings (SSSR count). The molecule has 0 saturated carbocycles. The van der Waals surface area contributed by atoms with Crippen LogP contribution >= 0.6 is 11.6 Å². The van der Waals surface area contributed by atoms with Crippen LogP contribution in [-0.4, -0.2) is 17.6 Å². The van der Waals surface area contributed by atoms with Gasteiger partial charge in [-0.15, -0.1) is 0 Å². The first-order valence-electron chi connectivity index (χ1n) is 5.16. The van der Waals surface area contributed by atoms with Crippen LogP contribution in [0.2, 0.25) is 5.02 Å². The second-order valence-electron chi connectivity index (χ2n) is 3.44. The van der Waals surface area contributed by atoms with Crippen LogP contribution in [0.25, 0.3) is 10.9 Å². The zero-order valence-electron chi connectivity index (χ0n) is 9.34. The summed E-state index contributed by atoms with van der Waals surface area (Å²) in [5.41, 5.74) is -0.339. The Bertz CT molecular complexity index is 631. The minimum Gasteiger partial charge on any atom is -0.461 e. The molecule has 1 aromatic carbocycles. The van der Waals surface area contributed by atoms with E-state index >= 15 is 0 Å². The average molecular weight is 272 g/mol. The molecule has 94 valence electrons. The molecule has 0 fully saturated rings. The van der Waals surface area contributed by atoms with E-state index in [4.69, 9.17) is 16.3 Å². The Hall–Kier alpha value is -1.75. The summed E-state index contributed by atoms with van der Waals surface area (Å²) in [7, 11) is 0. The van der Waals surface area contributed by atoms with Gasteiger partial charge in [0.2, 0.25) is 0 Å². The van der Waals surface area contributed by atoms with Gasteiger partial charge in [-0.2, -0.15) is 0 Å². The number of nitrogens with zero attached hydrogens (tertiary/aromatic N) is 1. The van der Waals surface area contributed by atoms with E-state index in [1.807, 2.05) is 0 Å². The number of halogens is 3. The van der Waals surface area contributed by atoms with Crippen molar-refractivity contribution in [3.63, 3.8) is 0 Å². The molecule has 0 saturated heterocycles. The van der Waals surface area contributed by atoms with Crippen molar-refractivity contribution >= 4 is 28.5 Å². The van der Waals surface area contributed by atoms with Gasteiger partial charge < -0.3 is 4.74 Å². The Balaban J connectivity index is 2.72. The van der Waals surface area contributed by atoms with Crippen molar-refractivity contribution in [2.45, 2.75) is 6.92 Å². The molecule has 1 aromatic heterocycles. The fourth-order valence-electron chi connectivity index (χ4n) is 1.54. The van der Waals surface area contributed by atoms with Crippen LogP contribution in [0.5, 0.6) is 0 Å². The van der Waals surface area contributed by atoms with Gasteiger partial charge in [0.1, 0.15) is 10.8 Å². The Kier molecular flexibility index (Phi) is 3.43. The Morgan fingerprint density at radius 1 is 1.44 bits per heavy atom. The largest absolute Gasteiger partial charge is 0.461 e. The molecule has 2 aromatic rings. The molecule has 0 aliphatic heterocycles. The lowest BCUT2D eigenvalue weighted by Gasteiger charge is -2.07. The highest BCUT2D eigenvalue weighted by molar-refractivity contribution is 6.34. The second-order valence-corrected chi connectivity index (χ2v) is 3.82. The van der Waals surface area contributed by atoms with E-state index in [2.05, 4.69) is 4.98 Å². The van der Waals surface area contributed by atoms with Crippen molar-refractivity contribution in [3.8, 4) is 0 Å². The topological polar surface area (TPSA) is 39.2 Å². The van der Waals surface area contributed by atoms with E-state index in [9.17, 15) is 13.6 Å². The molecule has 0 amide bonds. The van der Waals surface area contributed by atoms with E-state index < -0.39 is 22.6 Å². The van der Waals surface area contributed by atoms with Crippen LogP contribution < -0.4 is 0 Å². The third kappa shape index (κ3) is 2.01. The molecule has 6 heteroatoms. The minimum absolute atomic E-state index is 0.0138. The highest BCUT2D eigenvalue weighted by Gasteiger charge is 2.21. The molecule has 0 aliphatic rings. The van der Waals surface area contributed by atoms with Crippen LogP contribution in [-0.2, 0) is 4.74 Å². The summed E-state index contributed by atoms with van der Waals surface area (Å²) in [6.07, 6.45) is 0. The van der Waals surface area contributed by atoms with Gasteiger partial charge in [-0.25, -0.2) is 18.6 Å². The minimum atomic E-state index is -1.01. The number of ether oxygens (including phenoxy) is 1. The summed E-state index contributed by atoms with van der Waals surface area (Å²) in [4.78, 5) is 15.3. The number of esters is 1. The van der Waals surface area contributed by atoms with Crippen LogP contribution in [0.1, 0.15) is 17.4 Å². The van der Waals surface area contributed by atoms with Gasteiger partial charge in [0.15, 0.2) is 11.5 Å². The molecule has 0 bridgehead atoms. The molecule has 0 aliphatic carbocycles. The maximum atomic E-state index is 13.9. The summed E-state index contributed by atoms with van der Waals surface area (Å²) < 4.78 is 32.1. The van der Waals surface area contributed by atoms with Crippen molar-refractivity contribution in [2.75, 3.05) is 6.61 Å². The van der Waals surface area contributed by atoms with Gasteiger partial charge in [-0.3, -0.25) is 0 Å². The lowest BCUT2D eigenvalue weighted by atomic mass is 10.2. The van der Waals surface area contributed by atoms with Gasteiger partial charge in [-0.05, 0) is 19.1 Å². The molecular weight excluding hydrogens is 264 g/mol. The number of carbonyl (C=O) groups is 1. The first kappa shape index (κ1) is 12.7. The number of benzene rings is 1. The van der Waals surface area contributed by atoms with Crippen molar-refractivity contribution in [1.29, 1.82) is 0 Å². The molecule has 3 nitrogen and oxygen atoms in total. The quantitative estimate of drug-likeness (QED) is 0.787. The molecule has 18 heavy (non-hydrogen) atoms. The Morgan fingerprint density at radius 2 is 2.17 bits per heavy atom. The highest BCUT2D eigenvalue weighted by Crippen LogP contribution is 2.28. The predicted octanol–water partition coefficient (Wildman–Crippen LogP) is 3.34. The zero-order chi connectivity index (χ0) is 13.3. The summed E-state index contributed by atoms with van der Waals surface area (Å²) in [6, 6.07) is 3.85. The van der Waals surface area contributed by atoms with Crippen molar-refractivity contribution < 1.29 is 18.3 Å². The second kappa shape index (κ2) is 4.86. The van der Waals surface area contributed by atoms with Crippen LogP contribution in [0.4, 0.5) is 8.78 Å². The third-order valence-corrected chi connectivity index (χ3v) is 2.66. The maximum Gasteiger partial charge on any atom is 0.358 e. The average Bonchev–Trinajstić information content (AvgIpc) is 2.33. The van der Waals surface area contributed by atoms with E-state index in [-0.39, 0.29) is 23.2 Å². The van der Waals surface area contributed by atoms with E-state index in [0.29, 0.717) is 0 Å². The number of aromatic nitrogens is 1. The predicted molar refractivity (Wildman–Crippen MR) is 62.6 cm³/mol. The van der Waals surface area contributed by atoms with Crippen molar-refractivity contribution in [2.24, 2.45) is 0 Å². The van der Waals surface area contributed by atoms with Gasteiger partial charge in [0, 0.05) is 0 Å². The summed E-state index contributed by atoms with van der Waals surface area (Å²) in [5, 5.41) is -0.874. The first-order chi connectivity index (χ1) is 8.56. The third-order valence-electron chi connectivity index (χ3n) is 2.31. The molecular formula is C12H8ClF2NO2. The Labute approximate surface area is 106 Å². The molecule has 0 unspecified atom stereocenters. The summed E-state index contributed by atoms with van der Waals surface area (Å²) in [5.74, 6) is -2.63. The fourth-order valence-corrected chi connectivity index (χ4v) is 1.76. The lowest BCUT2D eigenvalue weighted by molar-refractivity contribution is 0.0519. The lowest BCUT2D eigenvalue weighted by Crippen LogP contribution is -2.09. The van der Waals surface area contributed by atoms with Gasteiger partial charge in [-0.1, -0.05) is 17.7 Å². The normalized spacial score (nSPS) is 10.7. The molecule has 1 heterocycles. The molecule has 0 N–H and O–H groups in total. The number of rotatable bonds is 2. The SMILES string of the molecule is CCOC(=O)c1nc2cccc(F)c2c(F)c1Cl. The highest BCUT2D eigenvalue weighted by atomic mass is 35.5. The summed E-state index contributed by atoms with van der Waals surface area (Å²) in [6.45, 7) is 1.71. The van der Waals surface area contributed by atoms with E-state index in [1.165, 1.54) is 12.1 Å². The van der Waals surface area contributed by atoms with Gasteiger partial charge >= 0.3 is 5.97 Å². The summed E-state index contributed by atoms with van der Waals surface area (Å²) >= 11 is 5.67.